The van der Waals surface area contributed by atoms with Crippen LogP contribution in [0.5, 0.6) is 5.75 Å². The Hall–Kier alpha value is -2.24. The SMILES string of the molecule is CCNC(=NCCc1ccc(C)c(OC)c1)NCCNC(=O)C(C)C. The molecule has 25 heavy (non-hydrogen) atoms. The second-order valence-electron chi connectivity index (χ2n) is 6.19. The lowest BCUT2D eigenvalue weighted by molar-refractivity contribution is -0.123. The zero-order valence-corrected chi connectivity index (χ0v) is 16.1. The Morgan fingerprint density at radius 3 is 2.56 bits per heavy atom. The molecule has 1 rings (SSSR count). The average Bonchev–Trinajstić information content (AvgIpc) is 2.59. The minimum Gasteiger partial charge on any atom is -0.496 e. The van der Waals surface area contributed by atoms with Crippen molar-refractivity contribution in [2.75, 3.05) is 33.3 Å². The third-order valence-electron chi connectivity index (χ3n) is 3.73. The number of amides is 1. The number of nitrogens with one attached hydrogen (secondary N) is 3. The van der Waals surface area contributed by atoms with Crippen LogP contribution in [0.25, 0.3) is 0 Å². The molecule has 140 valence electrons. The number of nitrogens with zero attached hydrogens (tertiary/aromatic N) is 1. The average molecular weight is 348 g/mol. The van der Waals surface area contributed by atoms with Gasteiger partial charge in [0.1, 0.15) is 5.75 Å². The first kappa shape index (κ1) is 20.8. The van der Waals surface area contributed by atoms with E-state index in [1.165, 1.54) is 5.56 Å². The van der Waals surface area contributed by atoms with Crippen LogP contribution < -0.4 is 20.7 Å². The van der Waals surface area contributed by atoms with Gasteiger partial charge >= 0.3 is 0 Å². The number of methoxy groups -OCH3 is 1. The van der Waals surface area contributed by atoms with Crippen molar-refractivity contribution in [3.63, 3.8) is 0 Å². The van der Waals surface area contributed by atoms with Crippen molar-refractivity contribution in [3.05, 3.63) is 29.3 Å². The predicted molar refractivity (Wildman–Crippen MR) is 103 cm³/mol. The van der Waals surface area contributed by atoms with E-state index in [4.69, 9.17) is 4.74 Å². The summed E-state index contributed by atoms with van der Waals surface area (Å²) in [5.74, 6) is 1.75. The summed E-state index contributed by atoms with van der Waals surface area (Å²) in [6, 6.07) is 6.24. The fourth-order valence-corrected chi connectivity index (χ4v) is 2.23. The van der Waals surface area contributed by atoms with Crippen LogP contribution >= 0.6 is 0 Å². The molecule has 0 atom stereocenters. The molecular weight excluding hydrogens is 316 g/mol. The first-order valence-corrected chi connectivity index (χ1v) is 8.91. The fraction of sp³-hybridized carbons (Fsp3) is 0.579. The molecule has 0 aromatic heterocycles. The van der Waals surface area contributed by atoms with E-state index in [1.807, 2.05) is 27.7 Å². The molecule has 0 spiro atoms. The maximum absolute atomic E-state index is 11.5. The van der Waals surface area contributed by atoms with Crippen LogP contribution in [0.2, 0.25) is 0 Å². The van der Waals surface area contributed by atoms with Gasteiger partial charge in [-0.2, -0.15) is 0 Å². The Morgan fingerprint density at radius 1 is 1.20 bits per heavy atom. The lowest BCUT2D eigenvalue weighted by Crippen LogP contribution is -2.42. The van der Waals surface area contributed by atoms with Crippen LogP contribution in [0, 0.1) is 12.8 Å². The van der Waals surface area contributed by atoms with Gasteiger partial charge in [-0.15, -0.1) is 0 Å². The van der Waals surface area contributed by atoms with Gasteiger partial charge in [0.05, 0.1) is 7.11 Å². The fourth-order valence-electron chi connectivity index (χ4n) is 2.23. The zero-order chi connectivity index (χ0) is 18.7. The van der Waals surface area contributed by atoms with Crippen molar-refractivity contribution in [1.82, 2.24) is 16.0 Å². The van der Waals surface area contributed by atoms with Gasteiger partial charge in [0.25, 0.3) is 0 Å². The Morgan fingerprint density at radius 2 is 1.92 bits per heavy atom. The van der Waals surface area contributed by atoms with E-state index in [1.54, 1.807) is 7.11 Å². The van der Waals surface area contributed by atoms with E-state index in [-0.39, 0.29) is 11.8 Å². The van der Waals surface area contributed by atoms with Crippen LogP contribution in [0.15, 0.2) is 23.2 Å². The third kappa shape index (κ3) is 7.92. The summed E-state index contributed by atoms with van der Waals surface area (Å²) in [7, 11) is 1.69. The molecule has 1 aromatic rings. The number of hydrogen-bond donors (Lipinski definition) is 3. The smallest absolute Gasteiger partial charge is 0.222 e. The highest BCUT2D eigenvalue weighted by molar-refractivity contribution is 5.80. The largest absolute Gasteiger partial charge is 0.496 e. The summed E-state index contributed by atoms with van der Waals surface area (Å²) < 4.78 is 5.36. The molecule has 0 heterocycles. The number of benzene rings is 1. The van der Waals surface area contributed by atoms with E-state index in [0.717, 1.165) is 30.2 Å². The number of carbonyl (C=O) groups excluding carboxylic acids is 1. The maximum atomic E-state index is 11.5. The van der Waals surface area contributed by atoms with Gasteiger partial charge in [0.2, 0.25) is 5.91 Å². The summed E-state index contributed by atoms with van der Waals surface area (Å²) in [6.07, 6.45) is 0.845. The lowest BCUT2D eigenvalue weighted by Gasteiger charge is -2.13. The molecule has 0 unspecified atom stereocenters. The van der Waals surface area contributed by atoms with E-state index >= 15 is 0 Å². The van der Waals surface area contributed by atoms with Crippen molar-refractivity contribution in [3.8, 4) is 5.75 Å². The van der Waals surface area contributed by atoms with E-state index < -0.39 is 0 Å². The molecule has 0 saturated carbocycles. The molecule has 0 saturated heterocycles. The topological polar surface area (TPSA) is 74.8 Å². The quantitative estimate of drug-likeness (QED) is 0.362. The number of aliphatic imine (C=N–C) groups is 1. The highest BCUT2D eigenvalue weighted by Gasteiger charge is 2.05. The second kappa shape index (κ2) is 11.3. The first-order valence-electron chi connectivity index (χ1n) is 8.91. The highest BCUT2D eigenvalue weighted by Crippen LogP contribution is 2.19. The standard InChI is InChI=1S/C19H32N4O2/c1-6-20-19(23-12-11-21-18(24)14(2)3)22-10-9-16-8-7-15(4)17(13-16)25-5/h7-8,13-14H,6,9-12H2,1-5H3,(H,21,24)(H2,20,22,23). The van der Waals surface area contributed by atoms with E-state index in [0.29, 0.717) is 19.6 Å². The number of rotatable bonds is 9. The van der Waals surface area contributed by atoms with Crippen molar-refractivity contribution >= 4 is 11.9 Å². The summed E-state index contributed by atoms with van der Waals surface area (Å²) >= 11 is 0. The van der Waals surface area contributed by atoms with Crippen LogP contribution in [0.3, 0.4) is 0 Å². The van der Waals surface area contributed by atoms with Crippen LogP contribution in [-0.4, -0.2) is 45.2 Å². The number of carbonyl (C=O) groups is 1. The van der Waals surface area contributed by atoms with Crippen molar-refractivity contribution < 1.29 is 9.53 Å². The molecule has 1 aromatic carbocycles. The molecule has 1 amide bonds. The van der Waals surface area contributed by atoms with E-state index in [2.05, 4.69) is 39.1 Å². The van der Waals surface area contributed by atoms with Crippen LogP contribution in [0.4, 0.5) is 0 Å². The van der Waals surface area contributed by atoms with Gasteiger partial charge in [-0.05, 0) is 37.5 Å². The molecule has 0 radical (unpaired) electrons. The van der Waals surface area contributed by atoms with Crippen molar-refractivity contribution in [2.45, 2.75) is 34.1 Å². The van der Waals surface area contributed by atoms with Gasteiger partial charge in [-0.1, -0.05) is 26.0 Å². The Bertz CT molecular complexity index is 571. The monoisotopic (exact) mass is 348 g/mol. The number of hydrogen-bond acceptors (Lipinski definition) is 3. The molecule has 0 bridgehead atoms. The number of aryl methyl sites for hydroxylation is 1. The molecule has 0 aliphatic carbocycles. The molecule has 0 fully saturated rings. The van der Waals surface area contributed by atoms with Gasteiger partial charge in [0.15, 0.2) is 5.96 Å². The summed E-state index contributed by atoms with van der Waals surface area (Å²) in [6.45, 7) is 10.5. The number of ether oxygens (including phenoxy) is 1. The molecule has 6 heteroatoms. The molecular formula is C19H32N4O2. The number of guanidine groups is 1. The van der Waals surface area contributed by atoms with Gasteiger partial charge < -0.3 is 20.7 Å². The Balaban J connectivity index is 2.45. The summed E-state index contributed by atoms with van der Waals surface area (Å²) in [5.41, 5.74) is 2.33. The molecule has 6 nitrogen and oxygen atoms in total. The second-order valence-corrected chi connectivity index (χ2v) is 6.19. The summed E-state index contributed by atoms with van der Waals surface area (Å²) in [4.78, 5) is 16.1. The van der Waals surface area contributed by atoms with Crippen LogP contribution in [0.1, 0.15) is 31.9 Å². The normalized spacial score (nSPS) is 11.4. The Kier molecular flexibility index (Phi) is 9.43. The predicted octanol–water partition coefficient (Wildman–Crippen LogP) is 1.87. The maximum Gasteiger partial charge on any atom is 0.222 e. The van der Waals surface area contributed by atoms with Gasteiger partial charge in [0, 0.05) is 32.1 Å². The molecule has 3 N–H and O–H groups in total. The molecule has 0 aliphatic rings. The van der Waals surface area contributed by atoms with Crippen molar-refractivity contribution in [1.29, 1.82) is 0 Å². The third-order valence-corrected chi connectivity index (χ3v) is 3.73. The Labute approximate surface area is 151 Å². The first-order chi connectivity index (χ1) is 12.0. The van der Waals surface area contributed by atoms with Crippen LogP contribution in [-0.2, 0) is 11.2 Å². The minimum atomic E-state index is 0.00778. The van der Waals surface area contributed by atoms with E-state index in [9.17, 15) is 4.79 Å². The van der Waals surface area contributed by atoms with Crippen molar-refractivity contribution in [2.24, 2.45) is 10.9 Å². The summed E-state index contributed by atoms with van der Waals surface area (Å²) in [5, 5.41) is 9.33. The molecule has 0 aliphatic heterocycles. The minimum absolute atomic E-state index is 0.00778. The highest BCUT2D eigenvalue weighted by atomic mass is 16.5. The van der Waals surface area contributed by atoms with Gasteiger partial charge in [-0.25, -0.2) is 0 Å². The lowest BCUT2D eigenvalue weighted by atomic mass is 10.1. The van der Waals surface area contributed by atoms with Gasteiger partial charge in [-0.3, -0.25) is 9.79 Å². The zero-order valence-electron chi connectivity index (χ0n) is 16.1.